The van der Waals surface area contributed by atoms with Gasteiger partial charge in [-0.3, -0.25) is 19.8 Å². The number of nitrogens with zero attached hydrogens (tertiary/aromatic N) is 5. The maximum atomic E-state index is 13.6. The van der Waals surface area contributed by atoms with E-state index in [1.54, 1.807) is 24.3 Å². The van der Waals surface area contributed by atoms with Gasteiger partial charge in [-0.2, -0.15) is 0 Å². The number of imidazole rings is 1. The van der Waals surface area contributed by atoms with Crippen molar-refractivity contribution >= 4 is 22.4 Å². The Balaban J connectivity index is 1.30. The standard InChI is InChI=1S/C30H33N5O3/c1-2-3-9-26-20-33(30(36)29-11-6-8-24-7-4-5-10-28(24)29)17-16-32(26)21-27-18-31-22-34(27)19-23-12-14-25(15-13-23)35(37)38/h4-8,10-15,18,22,26H,2-3,9,16-17,19-21H2,1H3. The monoisotopic (exact) mass is 511 g/mol. The van der Waals surface area contributed by atoms with Crippen LogP contribution in [0.1, 0.15) is 47.8 Å². The maximum absolute atomic E-state index is 13.6. The van der Waals surface area contributed by atoms with Crippen LogP contribution in [-0.2, 0) is 13.1 Å². The summed E-state index contributed by atoms with van der Waals surface area (Å²) in [7, 11) is 0. The molecule has 0 bridgehead atoms. The molecule has 0 saturated carbocycles. The third kappa shape index (κ3) is 5.60. The van der Waals surface area contributed by atoms with Gasteiger partial charge in [0.15, 0.2) is 0 Å². The summed E-state index contributed by atoms with van der Waals surface area (Å²) in [6, 6.07) is 21.0. The normalized spacial score (nSPS) is 16.1. The first kappa shape index (κ1) is 25.6. The number of amides is 1. The summed E-state index contributed by atoms with van der Waals surface area (Å²) in [5, 5.41) is 13.1. The van der Waals surface area contributed by atoms with E-state index in [0.29, 0.717) is 19.6 Å². The number of nitro benzene ring substituents is 1. The van der Waals surface area contributed by atoms with E-state index in [4.69, 9.17) is 0 Å². The number of non-ortho nitro benzene ring substituents is 1. The third-order valence-corrected chi connectivity index (χ3v) is 7.47. The molecule has 0 radical (unpaired) electrons. The minimum Gasteiger partial charge on any atom is -0.336 e. The Morgan fingerprint density at radius 1 is 1.03 bits per heavy atom. The smallest absolute Gasteiger partial charge is 0.269 e. The molecular weight excluding hydrogens is 478 g/mol. The van der Waals surface area contributed by atoms with Gasteiger partial charge in [0.05, 0.1) is 16.9 Å². The number of carbonyl (C=O) groups excluding carboxylic acids is 1. The van der Waals surface area contributed by atoms with Gasteiger partial charge < -0.3 is 9.47 Å². The lowest BCUT2D eigenvalue weighted by atomic mass is 10.0. The van der Waals surface area contributed by atoms with Gasteiger partial charge in [-0.15, -0.1) is 0 Å². The molecule has 8 heteroatoms. The summed E-state index contributed by atoms with van der Waals surface area (Å²) in [6.07, 6.45) is 6.97. The number of hydrogen-bond acceptors (Lipinski definition) is 5. The van der Waals surface area contributed by atoms with Crippen LogP contribution in [-0.4, -0.2) is 55.9 Å². The zero-order valence-corrected chi connectivity index (χ0v) is 21.7. The molecule has 4 aromatic rings. The van der Waals surface area contributed by atoms with Crippen LogP contribution < -0.4 is 0 Å². The minimum atomic E-state index is -0.381. The summed E-state index contributed by atoms with van der Waals surface area (Å²) in [5.74, 6) is 0.103. The Labute approximate surface area is 222 Å². The highest BCUT2D eigenvalue weighted by Crippen LogP contribution is 2.24. The van der Waals surface area contributed by atoms with Gasteiger partial charge in [0.2, 0.25) is 0 Å². The SMILES string of the molecule is CCCCC1CN(C(=O)c2cccc3ccccc23)CCN1Cc1cncn1Cc1ccc([N+](=O)[O-])cc1. The predicted octanol–water partition coefficient (Wildman–Crippen LogP) is 5.51. The molecule has 1 atom stereocenters. The van der Waals surface area contributed by atoms with Crippen molar-refractivity contribution in [2.24, 2.45) is 0 Å². The molecule has 8 nitrogen and oxygen atoms in total. The van der Waals surface area contributed by atoms with Crippen molar-refractivity contribution in [3.05, 3.63) is 106 Å². The summed E-state index contributed by atoms with van der Waals surface area (Å²) in [4.78, 5) is 33.1. The van der Waals surface area contributed by atoms with Crippen LogP contribution in [0.4, 0.5) is 5.69 Å². The predicted molar refractivity (Wildman–Crippen MR) is 148 cm³/mol. The summed E-state index contributed by atoms with van der Waals surface area (Å²) >= 11 is 0. The van der Waals surface area contributed by atoms with Crippen molar-refractivity contribution in [1.29, 1.82) is 0 Å². The number of benzene rings is 3. The largest absolute Gasteiger partial charge is 0.336 e. The van der Waals surface area contributed by atoms with Crippen molar-refractivity contribution in [3.63, 3.8) is 0 Å². The average Bonchev–Trinajstić information content (AvgIpc) is 3.38. The van der Waals surface area contributed by atoms with Gasteiger partial charge in [-0.25, -0.2) is 4.98 Å². The zero-order valence-electron chi connectivity index (χ0n) is 21.7. The van der Waals surface area contributed by atoms with E-state index in [9.17, 15) is 14.9 Å². The van der Waals surface area contributed by atoms with E-state index in [1.807, 2.05) is 59.9 Å². The molecule has 1 amide bonds. The van der Waals surface area contributed by atoms with Gasteiger partial charge in [-0.1, -0.05) is 68.3 Å². The third-order valence-electron chi connectivity index (χ3n) is 7.47. The Hall–Kier alpha value is -4.04. The minimum absolute atomic E-state index is 0.0919. The van der Waals surface area contributed by atoms with Crippen molar-refractivity contribution in [3.8, 4) is 0 Å². The topological polar surface area (TPSA) is 84.5 Å². The van der Waals surface area contributed by atoms with Gasteiger partial charge in [-0.05, 0) is 28.8 Å². The fourth-order valence-electron chi connectivity index (χ4n) is 5.33. The number of aromatic nitrogens is 2. The van der Waals surface area contributed by atoms with Crippen LogP contribution in [0.3, 0.4) is 0 Å². The van der Waals surface area contributed by atoms with Gasteiger partial charge in [0.1, 0.15) is 0 Å². The van der Waals surface area contributed by atoms with E-state index < -0.39 is 0 Å². The highest BCUT2D eigenvalue weighted by atomic mass is 16.6. The van der Waals surface area contributed by atoms with E-state index >= 15 is 0 Å². The van der Waals surface area contributed by atoms with E-state index in [1.165, 1.54) is 0 Å². The molecule has 1 fully saturated rings. The van der Waals surface area contributed by atoms with Crippen LogP contribution in [0.15, 0.2) is 79.3 Å². The fourth-order valence-corrected chi connectivity index (χ4v) is 5.33. The number of carbonyl (C=O) groups is 1. The first-order chi connectivity index (χ1) is 18.5. The molecule has 38 heavy (non-hydrogen) atoms. The van der Waals surface area contributed by atoms with Crippen LogP contribution in [0.25, 0.3) is 10.8 Å². The van der Waals surface area contributed by atoms with Crippen molar-refractivity contribution in [1.82, 2.24) is 19.4 Å². The molecule has 1 aliphatic heterocycles. The number of nitro groups is 1. The van der Waals surface area contributed by atoms with Crippen molar-refractivity contribution < 1.29 is 9.72 Å². The Kier molecular flexibility index (Phi) is 7.79. The molecule has 0 aliphatic carbocycles. The lowest BCUT2D eigenvalue weighted by Crippen LogP contribution is -2.54. The summed E-state index contributed by atoms with van der Waals surface area (Å²) in [5.41, 5.74) is 2.95. The van der Waals surface area contributed by atoms with E-state index in [-0.39, 0.29) is 22.6 Å². The van der Waals surface area contributed by atoms with Crippen molar-refractivity contribution in [2.45, 2.75) is 45.3 Å². The Morgan fingerprint density at radius 3 is 2.61 bits per heavy atom. The molecular formula is C30H33N5O3. The summed E-state index contributed by atoms with van der Waals surface area (Å²) < 4.78 is 2.10. The Bertz CT molecular complexity index is 1410. The molecule has 5 rings (SSSR count). The molecule has 0 spiro atoms. The van der Waals surface area contributed by atoms with Crippen LogP contribution in [0.2, 0.25) is 0 Å². The Morgan fingerprint density at radius 2 is 1.82 bits per heavy atom. The number of rotatable bonds is 9. The van der Waals surface area contributed by atoms with Crippen LogP contribution in [0.5, 0.6) is 0 Å². The average molecular weight is 512 g/mol. The van der Waals surface area contributed by atoms with E-state index in [2.05, 4.69) is 21.4 Å². The quantitative estimate of drug-likeness (QED) is 0.219. The molecule has 1 saturated heterocycles. The highest BCUT2D eigenvalue weighted by Gasteiger charge is 2.30. The lowest BCUT2D eigenvalue weighted by molar-refractivity contribution is -0.384. The van der Waals surface area contributed by atoms with Crippen LogP contribution >= 0.6 is 0 Å². The summed E-state index contributed by atoms with van der Waals surface area (Å²) in [6.45, 7) is 5.74. The second-order valence-electron chi connectivity index (χ2n) is 9.98. The first-order valence-electron chi connectivity index (χ1n) is 13.3. The second kappa shape index (κ2) is 11.6. The second-order valence-corrected chi connectivity index (χ2v) is 9.98. The number of fused-ring (bicyclic) bond motifs is 1. The lowest BCUT2D eigenvalue weighted by Gasteiger charge is -2.41. The number of hydrogen-bond donors (Lipinski definition) is 0. The molecule has 1 unspecified atom stereocenters. The van der Waals surface area contributed by atoms with Gasteiger partial charge in [0.25, 0.3) is 11.6 Å². The van der Waals surface area contributed by atoms with E-state index in [0.717, 1.165) is 59.9 Å². The van der Waals surface area contributed by atoms with Crippen molar-refractivity contribution in [2.75, 3.05) is 19.6 Å². The molecule has 1 aromatic heterocycles. The fraction of sp³-hybridized carbons (Fsp3) is 0.333. The molecule has 196 valence electrons. The molecule has 3 aromatic carbocycles. The van der Waals surface area contributed by atoms with Crippen LogP contribution in [0, 0.1) is 10.1 Å². The number of unbranched alkanes of at least 4 members (excludes halogenated alkanes) is 1. The highest BCUT2D eigenvalue weighted by molar-refractivity contribution is 6.07. The number of piperazine rings is 1. The maximum Gasteiger partial charge on any atom is 0.269 e. The molecule has 0 N–H and O–H groups in total. The van der Waals surface area contributed by atoms with Gasteiger partial charge >= 0.3 is 0 Å². The molecule has 2 heterocycles. The molecule has 1 aliphatic rings. The first-order valence-corrected chi connectivity index (χ1v) is 13.3. The van der Waals surface area contributed by atoms with Gasteiger partial charge in [0, 0.05) is 62.7 Å². The zero-order chi connectivity index (χ0) is 26.5.